The van der Waals surface area contributed by atoms with Gasteiger partial charge in [0.15, 0.2) is 0 Å². The Labute approximate surface area is 306 Å². The summed E-state index contributed by atoms with van der Waals surface area (Å²) >= 11 is 0. The molecule has 51 heavy (non-hydrogen) atoms. The van der Waals surface area contributed by atoms with Gasteiger partial charge in [0.1, 0.15) is 18.7 Å². The minimum Gasteiger partial charge on any atom is -0.480 e. The van der Waals surface area contributed by atoms with Crippen LogP contribution in [0.25, 0.3) is 0 Å². The van der Waals surface area contributed by atoms with Crippen molar-refractivity contribution >= 4 is 23.7 Å². The predicted octanol–water partition coefficient (Wildman–Crippen LogP) is 5.36. The van der Waals surface area contributed by atoms with E-state index in [1.807, 2.05) is 6.07 Å². The Balaban J connectivity index is 2.46. The molecule has 1 aromatic carbocycles. The summed E-state index contributed by atoms with van der Waals surface area (Å²) in [6.07, 6.45) is 16.2. The largest absolute Gasteiger partial charge is 0.480 e. The molecule has 1 aromatic rings. The molecule has 0 radical (unpaired) electrons. The Hall–Kier alpha value is -3.06. The molecule has 0 aliphatic rings. The normalized spacial score (nSPS) is 12.3. The van der Waals surface area contributed by atoms with Crippen LogP contribution >= 0.6 is 0 Å². The third-order valence-corrected chi connectivity index (χ3v) is 8.28. The van der Waals surface area contributed by atoms with Crippen LogP contribution < -0.4 is 16.0 Å². The zero-order valence-electron chi connectivity index (χ0n) is 31.4. The first-order chi connectivity index (χ1) is 24.9. The average Bonchev–Trinajstić information content (AvgIpc) is 3.12. The Morgan fingerprint density at radius 1 is 0.588 bits per heavy atom. The molecule has 0 saturated carbocycles. The number of carboxylic acids is 1. The van der Waals surface area contributed by atoms with Crippen LogP contribution in [-0.4, -0.2) is 100 Å². The van der Waals surface area contributed by atoms with E-state index in [-0.39, 0.29) is 26.2 Å². The molecule has 0 spiro atoms. The fraction of sp³-hybridized carbons (Fsp3) is 0.744. The van der Waals surface area contributed by atoms with Crippen molar-refractivity contribution in [2.75, 3.05) is 59.4 Å². The fourth-order valence-electron chi connectivity index (χ4n) is 5.31. The molecule has 1 rings (SSSR count). The highest BCUT2D eigenvalue weighted by Crippen LogP contribution is 2.12. The molecular weight excluding hydrogens is 654 g/mol. The molecule has 0 heterocycles. The molecule has 0 fully saturated rings. The Morgan fingerprint density at radius 3 is 1.63 bits per heavy atom. The lowest BCUT2D eigenvalue weighted by Crippen LogP contribution is -2.51. The number of carbonyl (C=O) groups excluding carboxylic acids is 3. The van der Waals surface area contributed by atoms with Crippen LogP contribution in [0.3, 0.4) is 0 Å². The molecule has 4 N–H and O–H groups in total. The van der Waals surface area contributed by atoms with E-state index in [2.05, 4.69) is 29.8 Å². The second-order valence-electron chi connectivity index (χ2n) is 12.9. The van der Waals surface area contributed by atoms with Gasteiger partial charge in [-0.1, -0.05) is 121 Å². The molecule has 2 atom stereocenters. The number of aliphatic carboxylic acids is 1. The number of nitrogens with one attached hydrogen (secondary N) is 3. The fourth-order valence-corrected chi connectivity index (χ4v) is 5.31. The molecule has 0 aromatic heterocycles. The van der Waals surface area contributed by atoms with Gasteiger partial charge in [0.25, 0.3) is 0 Å². The zero-order valence-corrected chi connectivity index (χ0v) is 31.4. The van der Waals surface area contributed by atoms with Crippen molar-refractivity contribution < 1.29 is 43.2 Å². The lowest BCUT2D eigenvalue weighted by molar-refractivity contribution is -0.142. The quantitative estimate of drug-likeness (QED) is 0.0677. The van der Waals surface area contributed by atoms with Crippen molar-refractivity contribution in [3.8, 4) is 0 Å². The Kier molecular flexibility index (Phi) is 29.6. The molecule has 0 aliphatic carbocycles. The van der Waals surface area contributed by atoms with E-state index in [9.17, 15) is 24.3 Å². The summed E-state index contributed by atoms with van der Waals surface area (Å²) in [5.74, 6) is -2.93. The molecule has 12 heteroatoms. The summed E-state index contributed by atoms with van der Waals surface area (Å²) in [6, 6.07) is 6.58. The van der Waals surface area contributed by atoms with Crippen LogP contribution in [0.1, 0.15) is 116 Å². The Morgan fingerprint density at radius 2 is 1.08 bits per heavy atom. The first kappa shape index (κ1) is 46.0. The van der Waals surface area contributed by atoms with Crippen molar-refractivity contribution in [3.63, 3.8) is 0 Å². The summed E-state index contributed by atoms with van der Waals surface area (Å²) in [5.41, 5.74) is 0.747. The van der Waals surface area contributed by atoms with Crippen LogP contribution in [-0.2, 0) is 44.5 Å². The number of amides is 3. The zero-order chi connectivity index (χ0) is 37.2. The molecule has 1 unspecified atom stereocenters. The van der Waals surface area contributed by atoms with E-state index in [4.69, 9.17) is 18.9 Å². The molecule has 292 valence electrons. The second-order valence-corrected chi connectivity index (χ2v) is 12.9. The number of rotatable bonds is 35. The number of hydrogen-bond donors (Lipinski definition) is 4. The third-order valence-electron chi connectivity index (χ3n) is 8.28. The predicted molar refractivity (Wildman–Crippen MR) is 199 cm³/mol. The number of unbranched alkanes of at least 4 members (excludes halogenated alkanes) is 12. The van der Waals surface area contributed by atoms with Crippen LogP contribution in [0.4, 0.5) is 0 Å². The molecule has 0 aliphatic heterocycles. The summed E-state index contributed by atoms with van der Waals surface area (Å²) in [6.45, 7) is 7.43. The van der Waals surface area contributed by atoms with Gasteiger partial charge in [0.05, 0.1) is 46.1 Å². The van der Waals surface area contributed by atoms with Crippen molar-refractivity contribution in [2.45, 2.75) is 129 Å². The second kappa shape index (κ2) is 32.8. The van der Waals surface area contributed by atoms with E-state index in [1.165, 1.54) is 57.8 Å². The number of carbonyl (C=O) groups is 4. The highest BCUT2D eigenvalue weighted by atomic mass is 16.6. The molecule has 0 bridgehead atoms. The topological polar surface area (TPSA) is 162 Å². The molecule has 3 amide bonds. The van der Waals surface area contributed by atoms with E-state index < -0.39 is 42.2 Å². The van der Waals surface area contributed by atoms with E-state index in [0.29, 0.717) is 33.0 Å². The average molecular weight is 722 g/mol. The third kappa shape index (κ3) is 27.3. The van der Waals surface area contributed by atoms with Crippen LogP contribution in [0.2, 0.25) is 0 Å². The number of hydrogen-bond acceptors (Lipinski definition) is 8. The van der Waals surface area contributed by atoms with Crippen molar-refractivity contribution in [1.82, 2.24) is 16.0 Å². The summed E-state index contributed by atoms with van der Waals surface area (Å²) in [5, 5.41) is 17.6. The first-order valence-corrected chi connectivity index (χ1v) is 19.3. The maximum Gasteiger partial charge on any atom is 0.326 e. The van der Waals surface area contributed by atoms with Crippen molar-refractivity contribution in [2.24, 2.45) is 0 Å². The highest BCUT2D eigenvalue weighted by Gasteiger charge is 2.27. The molecule has 0 saturated heterocycles. The van der Waals surface area contributed by atoms with Gasteiger partial charge in [-0.3, -0.25) is 14.4 Å². The van der Waals surface area contributed by atoms with Gasteiger partial charge in [0, 0.05) is 19.6 Å². The van der Waals surface area contributed by atoms with Gasteiger partial charge in [0.2, 0.25) is 17.7 Å². The lowest BCUT2D eigenvalue weighted by Gasteiger charge is -2.20. The summed E-state index contributed by atoms with van der Waals surface area (Å²) < 4.78 is 21.7. The standard InChI is InChI=1S/C39H67N3O9/c1-3-5-7-8-9-10-11-12-13-14-15-19-22-40-38(45)34(31-36(43)42-35(39(46)47)30-33-20-17-16-18-21-33)41-37(44)32-51-29-28-50-27-26-49-25-24-48-23-6-4-2/h16-18,20-21,34-35H,3-15,19,22-32H2,1-2H3,(H,40,45)(H,41,44)(H,42,43)(H,46,47)/t34?,35-/m0/s1. The van der Waals surface area contributed by atoms with Gasteiger partial charge in [-0.2, -0.15) is 0 Å². The minimum atomic E-state index is -1.19. The molecule has 12 nitrogen and oxygen atoms in total. The summed E-state index contributed by atoms with van der Waals surface area (Å²) in [7, 11) is 0. The highest BCUT2D eigenvalue weighted by molar-refractivity contribution is 5.93. The number of benzene rings is 1. The van der Waals surface area contributed by atoms with Gasteiger partial charge in [-0.05, 0) is 18.4 Å². The monoisotopic (exact) mass is 721 g/mol. The van der Waals surface area contributed by atoms with E-state index in [0.717, 1.165) is 44.3 Å². The maximum absolute atomic E-state index is 13.1. The number of carboxylic acid groups (broad SMARTS) is 1. The van der Waals surface area contributed by atoms with Gasteiger partial charge < -0.3 is 40.0 Å². The lowest BCUT2D eigenvalue weighted by atomic mass is 10.0. The smallest absolute Gasteiger partial charge is 0.326 e. The van der Waals surface area contributed by atoms with E-state index >= 15 is 0 Å². The molecular formula is C39H67N3O9. The van der Waals surface area contributed by atoms with Crippen molar-refractivity contribution in [3.05, 3.63) is 35.9 Å². The number of ether oxygens (including phenoxy) is 4. The maximum atomic E-state index is 13.1. The van der Waals surface area contributed by atoms with Crippen LogP contribution in [0.5, 0.6) is 0 Å². The van der Waals surface area contributed by atoms with Crippen LogP contribution in [0.15, 0.2) is 30.3 Å². The van der Waals surface area contributed by atoms with Gasteiger partial charge >= 0.3 is 5.97 Å². The van der Waals surface area contributed by atoms with E-state index in [1.54, 1.807) is 24.3 Å². The van der Waals surface area contributed by atoms with Crippen LogP contribution in [0, 0.1) is 0 Å². The Bertz CT molecular complexity index is 1030. The SMILES string of the molecule is CCCCCCCCCCCCCCNC(=O)C(CC(=O)N[C@@H](Cc1ccccc1)C(=O)O)NC(=O)COCCOCCOCCOCCCC. The van der Waals surface area contributed by atoms with Crippen molar-refractivity contribution in [1.29, 1.82) is 0 Å². The summed E-state index contributed by atoms with van der Waals surface area (Å²) in [4.78, 5) is 50.6. The minimum absolute atomic E-state index is 0.0829. The first-order valence-electron chi connectivity index (χ1n) is 19.3. The van der Waals surface area contributed by atoms with Gasteiger partial charge in [-0.15, -0.1) is 0 Å². The van der Waals surface area contributed by atoms with Gasteiger partial charge in [-0.25, -0.2) is 4.79 Å².